The lowest BCUT2D eigenvalue weighted by Gasteiger charge is -2.35. The Hall–Kier alpha value is -1.88. The van der Waals surface area contributed by atoms with Gasteiger partial charge in [-0.2, -0.15) is 4.72 Å². The molecular weight excluding hydrogens is 444 g/mol. The summed E-state index contributed by atoms with van der Waals surface area (Å²) in [6, 6.07) is 4.79. The first-order chi connectivity index (χ1) is 14.4. The molecule has 0 aliphatic carbocycles. The van der Waals surface area contributed by atoms with Gasteiger partial charge in [0.15, 0.2) is 0 Å². The van der Waals surface area contributed by atoms with Crippen LogP contribution in [-0.4, -0.2) is 81.1 Å². The molecule has 0 spiro atoms. The molecule has 31 heavy (non-hydrogen) atoms. The van der Waals surface area contributed by atoms with Gasteiger partial charge < -0.3 is 15.0 Å². The zero-order valence-corrected chi connectivity index (χ0v) is 19.9. The molecule has 2 N–H and O–H groups in total. The molecule has 1 aromatic carbocycles. The number of rotatable bonds is 7. The van der Waals surface area contributed by atoms with Gasteiger partial charge in [0, 0.05) is 44.3 Å². The number of halogens is 1. The number of carbonyl (C=O) groups excluding carboxylic acids is 2. The van der Waals surface area contributed by atoms with Crippen LogP contribution >= 0.6 is 11.6 Å². The summed E-state index contributed by atoms with van der Waals surface area (Å²) in [4.78, 5) is 28.2. The van der Waals surface area contributed by atoms with Gasteiger partial charge in [-0.25, -0.2) is 13.2 Å². The summed E-state index contributed by atoms with van der Waals surface area (Å²) in [7, 11) is -3.82. The summed E-state index contributed by atoms with van der Waals surface area (Å²) in [6.45, 7) is 10.4. The molecule has 0 radical (unpaired) electrons. The highest BCUT2D eigenvalue weighted by Gasteiger charge is 2.26. The minimum absolute atomic E-state index is 0.0411. The Morgan fingerprint density at radius 2 is 1.71 bits per heavy atom. The number of hydrogen-bond donors (Lipinski definition) is 2. The minimum atomic E-state index is -3.82. The maximum Gasteiger partial charge on any atom is 0.410 e. The molecule has 0 saturated carbocycles. The van der Waals surface area contributed by atoms with E-state index in [9.17, 15) is 18.0 Å². The third-order valence-corrected chi connectivity index (χ3v) is 6.41. The number of ether oxygens (including phenoxy) is 1. The maximum atomic E-state index is 12.4. The van der Waals surface area contributed by atoms with E-state index in [0.29, 0.717) is 44.3 Å². The van der Waals surface area contributed by atoms with E-state index >= 15 is 0 Å². The molecule has 0 aromatic heterocycles. The van der Waals surface area contributed by atoms with Gasteiger partial charge in [-0.15, -0.1) is 0 Å². The molecule has 0 bridgehead atoms. The first-order valence-corrected chi connectivity index (χ1v) is 12.0. The first kappa shape index (κ1) is 25.4. The fourth-order valence-corrected chi connectivity index (χ4v) is 4.27. The molecule has 1 fully saturated rings. The molecule has 1 aliphatic heterocycles. The lowest BCUT2D eigenvalue weighted by atomic mass is 10.2. The second-order valence-electron chi connectivity index (χ2n) is 8.40. The summed E-state index contributed by atoms with van der Waals surface area (Å²) in [5.41, 5.74) is -0.524. The Morgan fingerprint density at radius 1 is 1.13 bits per heavy atom. The minimum Gasteiger partial charge on any atom is -0.444 e. The van der Waals surface area contributed by atoms with Crippen molar-refractivity contribution in [3.63, 3.8) is 0 Å². The molecule has 1 atom stereocenters. The van der Waals surface area contributed by atoms with Crippen LogP contribution in [0.4, 0.5) is 4.79 Å². The molecule has 1 heterocycles. The predicted octanol–water partition coefficient (Wildman–Crippen LogP) is 1.68. The van der Waals surface area contributed by atoms with E-state index in [0.717, 1.165) is 0 Å². The number of nitrogens with one attached hydrogen (secondary N) is 2. The lowest BCUT2D eigenvalue weighted by molar-refractivity contribution is -0.122. The van der Waals surface area contributed by atoms with E-state index in [2.05, 4.69) is 14.9 Å². The van der Waals surface area contributed by atoms with Gasteiger partial charge in [-0.1, -0.05) is 11.6 Å². The summed E-state index contributed by atoms with van der Waals surface area (Å²) < 4.78 is 32.5. The van der Waals surface area contributed by atoms with Crippen molar-refractivity contribution in [2.24, 2.45) is 0 Å². The van der Waals surface area contributed by atoms with Gasteiger partial charge in [0.25, 0.3) is 0 Å². The van der Waals surface area contributed by atoms with E-state index < -0.39 is 27.6 Å². The van der Waals surface area contributed by atoms with Crippen LogP contribution in [0.5, 0.6) is 0 Å². The summed E-state index contributed by atoms with van der Waals surface area (Å²) in [5.74, 6) is -0.412. The standard InChI is InChI=1S/C20H31ClN4O5S/c1-15(23-31(28,29)17-7-5-16(21)6-8-17)18(26)22-9-10-24-11-13-25(14-12-24)19(27)30-20(2,3)4/h5-8,15,23H,9-14H2,1-4H3,(H,22,26)/t15-/m0/s1. The number of carbonyl (C=O) groups is 2. The van der Waals surface area contributed by atoms with Crippen LogP contribution in [0.25, 0.3) is 0 Å². The largest absolute Gasteiger partial charge is 0.444 e. The highest BCUT2D eigenvalue weighted by molar-refractivity contribution is 7.89. The van der Waals surface area contributed by atoms with Gasteiger partial charge in [-0.05, 0) is 52.0 Å². The number of benzene rings is 1. The molecule has 11 heteroatoms. The predicted molar refractivity (Wildman–Crippen MR) is 118 cm³/mol. The summed E-state index contributed by atoms with van der Waals surface area (Å²) in [6.07, 6.45) is -0.317. The number of amides is 2. The highest BCUT2D eigenvalue weighted by atomic mass is 35.5. The van der Waals surface area contributed by atoms with Crippen LogP contribution in [0.2, 0.25) is 5.02 Å². The molecule has 9 nitrogen and oxygen atoms in total. The normalized spacial score (nSPS) is 16.6. The monoisotopic (exact) mass is 474 g/mol. The maximum absolute atomic E-state index is 12.4. The molecule has 0 unspecified atom stereocenters. The van der Waals surface area contributed by atoms with Crippen molar-refractivity contribution in [3.8, 4) is 0 Å². The Morgan fingerprint density at radius 3 is 2.26 bits per heavy atom. The van der Waals surface area contributed by atoms with E-state index in [1.807, 2.05) is 20.8 Å². The molecule has 1 saturated heterocycles. The van der Waals surface area contributed by atoms with Crippen LogP contribution in [-0.2, 0) is 19.6 Å². The summed E-state index contributed by atoms with van der Waals surface area (Å²) >= 11 is 5.78. The average molecular weight is 475 g/mol. The Balaban J connectivity index is 1.72. The molecule has 1 aromatic rings. The molecular formula is C20H31ClN4O5S. The number of hydrogen-bond acceptors (Lipinski definition) is 6. The third-order valence-electron chi connectivity index (χ3n) is 4.60. The third kappa shape index (κ3) is 8.29. The van der Waals surface area contributed by atoms with Crippen LogP contribution in [0, 0.1) is 0 Å². The van der Waals surface area contributed by atoms with Crippen molar-refractivity contribution in [2.75, 3.05) is 39.3 Å². The Labute approximate surface area is 189 Å². The van der Waals surface area contributed by atoms with Crippen LogP contribution < -0.4 is 10.0 Å². The van der Waals surface area contributed by atoms with E-state index in [1.165, 1.54) is 31.2 Å². The quantitative estimate of drug-likeness (QED) is 0.622. The molecule has 174 valence electrons. The van der Waals surface area contributed by atoms with Crippen molar-refractivity contribution < 1.29 is 22.7 Å². The summed E-state index contributed by atoms with van der Waals surface area (Å²) in [5, 5.41) is 3.17. The van der Waals surface area contributed by atoms with Crippen molar-refractivity contribution in [3.05, 3.63) is 29.3 Å². The molecule has 1 aliphatic rings. The number of sulfonamides is 1. The number of piperazine rings is 1. The Kier molecular flexibility index (Phi) is 8.70. The van der Waals surface area contributed by atoms with Crippen molar-refractivity contribution in [1.82, 2.24) is 19.8 Å². The second-order valence-corrected chi connectivity index (χ2v) is 10.5. The smallest absolute Gasteiger partial charge is 0.410 e. The van der Waals surface area contributed by atoms with Crippen LogP contribution in [0.1, 0.15) is 27.7 Å². The van der Waals surface area contributed by atoms with E-state index in [-0.39, 0.29) is 11.0 Å². The van der Waals surface area contributed by atoms with Gasteiger partial charge in [0.1, 0.15) is 5.60 Å². The first-order valence-electron chi connectivity index (χ1n) is 10.1. The van der Waals surface area contributed by atoms with Crippen molar-refractivity contribution in [2.45, 2.75) is 44.2 Å². The fourth-order valence-electron chi connectivity index (χ4n) is 2.94. The van der Waals surface area contributed by atoms with Crippen molar-refractivity contribution in [1.29, 1.82) is 0 Å². The van der Waals surface area contributed by atoms with Crippen LogP contribution in [0.15, 0.2) is 29.2 Å². The highest BCUT2D eigenvalue weighted by Crippen LogP contribution is 2.14. The van der Waals surface area contributed by atoms with Gasteiger partial charge in [0.2, 0.25) is 15.9 Å². The molecule has 2 rings (SSSR count). The van der Waals surface area contributed by atoms with Gasteiger partial charge in [0.05, 0.1) is 10.9 Å². The zero-order chi connectivity index (χ0) is 23.2. The Bertz CT molecular complexity index is 863. The SMILES string of the molecule is C[C@H](NS(=O)(=O)c1ccc(Cl)cc1)C(=O)NCCN1CCN(C(=O)OC(C)(C)C)CC1. The molecule has 2 amide bonds. The van der Waals surface area contributed by atoms with Gasteiger partial charge >= 0.3 is 6.09 Å². The lowest BCUT2D eigenvalue weighted by Crippen LogP contribution is -2.52. The van der Waals surface area contributed by atoms with E-state index in [1.54, 1.807) is 4.90 Å². The fraction of sp³-hybridized carbons (Fsp3) is 0.600. The van der Waals surface area contributed by atoms with E-state index in [4.69, 9.17) is 16.3 Å². The van der Waals surface area contributed by atoms with Crippen molar-refractivity contribution >= 4 is 33.6 Å². The van der Waals surface area contributed by atoms with Crippen LogP contribution in [0.3, 0.4) is 0 Å². The average Bonchev–Trinajstić information content (AvgIpc) is 2.67. The zero-order valence-electron chi connectivity index (χ0n) is 18.4. The number of nitrogens with zero attached hydrogens (tertiary/aromatic N) is 2. The topological polar surface area (TPSA) is 108 Å². The second kappa shape index (κ2) is 10.6. The van der Waals surface area contributed by atoms with Gasteiger partial charge in [-0.3, -0.25) is 9.69 Å².